The number of aliphatic carboxylic acids is 2. The number of hydrogen-bond acceptors (Lipinski definition) is 4. The highest BCUT2D eigenvalue weighted by Gasteiger charge is 2.53. The van der Waals surface area contributed by atoms with Crippen LogP contribution in [0.25, 0.3) is 0 Å². The standard InChI is InChI=1S/C23H40O6/c1-3-5-7-11-17-19(28-17)15-23(22(26)27,14-10-9-13-21(24)25)16-20-18(29-20)12-8-6-4-2/h17-20H,3-16H2,1-2H3,(H,24,25)(H,26,27). The van der Waals surface area contributed by atoms with Crippen molar-refractivity contribution in [3.8, 4) is 0 Å². The molecule has 0 saturated carbocycles. The van der Waals surface area contributed by atoms with E-state index in [0.717, 1.165) is 25.7 Å². The van der Waals surface area contributed by atoms with E-state index in [1.165, 1.54) is 25.7 Å². The summed E-state index contributed by atoms with van der Waals surface area (Å²) in [7, 11) is 0. The Bertz CT molecular complexity index is 493. The minimum absolute atomic E-state index is 0.0275. The molecule has 2 N–H and O–H groups in total. The van der Waals surface area contributed by atoms with E-state index in [4.69, 9.17) is 14.6 Å². The normalized spacial score (nSPS) is 27.4. The quantitative estimate of drug-likeness (QED) is 0.238. The molecule has 0 bridgehead atoms. The van der Waals surface area contributed by atoms with Crippen molar-refractivity contribution in [1.29, 1.82) is 0 Å². The summed E-state index contributed by atoms with van der Waals surface area (Å²) in [6, 6.07) is 0. The smallest absolute Gasteiger partial charge is 0.309 e. The first-order chi connectivity index (χ1) is 13.9. The molecule has 0 radical (unpaired) electrons. The average molecular weight is 413 g/mol. The van der Waals surface area contributed by atoms with Gasteiger partial charge in [-0.05, 0) is 38.5 Å². The second-order valence-corrected chi connectivity index (χ2v) is 9.01. The highest BCUT2D eigenvalue weighted by Crippen LogP contribution is 2.47. The van der Waals surface area contributed by atoms with Crippen LogP contribution in [0.4, 0.5) is 0 Å². The molecule has 0 amide bonds. The molecule has 2 aliphatic rings. The summed E-state index contributed by atoms with van der Waals surface area (Å²) in [5.41, 5.74) is -0.868. The lowest BCUT2D eigenvalue weighted by molar-refractivity contribution is -0.151. The zero-order chi connectivity index (χ0) is 21.3. The van der Waals surface area contributed by atoms with Crippen molar-refractivity contribution in [2.24, 2.45) is 5.41 Å². The Balaban J connectivity index is 1.91. The molecule has 0 aromatic heterocycles. The fourth-order valence-electron chi connectivity index (χ4n) is 4.50. The van der Waals surface area contributed by atoms with Crippen LogP contribution in [-0.2, 0) is 19.1 Å². The molecule has 29 heavy (non-hydrogen) atoms. The number of ether oxygens (including phenoxy) is 2. The molecular weight excluding hydrogens is 372 g/mol. The lowest BCUT2D eigenvalue weighted by Gasteiger charge is -2.28. The number of epoxide rings is 2. The van der Waals surface area contributed by atoms with Gasteiger partial charge in [-0.1, -0.05) is 58.8 Å². The maximum Gasteiger partial charge on any atom is 0.309 e. The highest BCUT2D eigenvalue weighted by molar-refractivity contribution is 5.75. The van der Waals surface area contributed by atoms with E-state index in [-0.39, 0.29) is 30.8 Å². The average Bonchev–Trinajstić information content (AvgIpc) is 3.57. The molecule has 2 heterocycles. The Morgan fingerprint density at radius 2 is 1.28 bits per heavy atom. The molecule has 6 nitrogen and oxygen atoms in total. The van der Waals surface area contributed by atoms with Gasteiger partial charge in [0.05, 0.1) is 29.8 Å². The number of unbranched alkanes of at least 4 members (excludes halogenated alkanes) is 5. The second-order valence-electron chi connectivity index (χ2n) is 9.01. The summed E-state index contributed by atoms with van der Waals surface area (Å²) >= 11 is 0. The number of carboxylic acids is 2. The van der Waals surface area contributed by atoms with Crippen LogP contribution >= 0.6 is 0 Å². The Kier molecular flexibility index (Phi) is 9.90. The Hall–Kier alpha value is -1.14. The van der Waals surface area contributed by atoms with Crippen molar-refractivity contribution in [2.45, 2.75) is 128 Å². The third-order valence-corrected chi connectivity index (χ3v) is 6.49. The fraction of sp³-hybridized carbons (Fsp3) is 0.913. The Morgan fingerprint density at radius 1 is 0.759 bits per heavy atom. The minimum Gasteiger partial charge on any atom is -0.481 e. The van der Waals surface area contributed by atoms with Crippen molar-refractivity contribution in [2.75, 3.05) is 0 Å². The van der Waals surface area contributed by atoms with Gasteiger partial charge < -0.3 is 19.7 Å². The van der Waals surface area contributed by atoms with Crippen LogP contribution in [-0.4, -0.2) is 46.6 Å². The van der Waals surface area contributed by atoms with Gasteiger partial charge in [0.1, 0.15) is 0 Å². The molecule has 0 aromatic carbocycles. The molecule has 4 atom stereocenters. The molecule has 6 heteroatoms. The van der Waals surface area contributed by atoms with E-state index in [2.05, 4.69) is 13.8 Å². The van der Waals surface area contributed by atoms with Crippen LogP contribution in [0.2, 0.25) is 0 Å². The van der Waals surface area contributed by atoms with Crippen LogP contribution in [0.5, 0.6) is 0 Å². The molecular formula is C23H40O6. The van der Waals surface area contributed by atoms with E-state index in [1.807, 2.05) is 0 Å². The van der Waals surface area contributed by atoms with Gasteiger partial charge in [-0.25, -0.2) is 0 Å². The third-order valence-electron chi connectivity index (χ3n) is 6.49. The zero-order valence-electron chi connectivity index (χ0n) is 18.2. The van der Waals surface area contributed by atoms with Gasteiger partial charge in [0.15, 0.2) is 0 Å². The van der Waals surface area contributed by atoms with Gasteiger partial charge in [0.25, 0.3) is 0 Å². The predicted molar refractivity (Wildman–Crippen MR) is 111 cm³/mol. The van der Waals surface area contributed by atoms with E-state index < -0.39 is 17.4 Å². The van der Waals surface area contributed by atoms with Crippen LogP contribution in [0.15, 0.2) is 0 Å². The summed E-state index contributed by atoms with van der Waals surface area (Å²) in [5.74, 6) is -1.60. The van der Waals surface area contributed by atoms with Crippen LogP contribution in [0.3, 0.4) is 0 Å². The molecule has 4 unspecified atom stereocenters. The first kappa shape index (κ1) is 24.1. The van der Waals surface area contributed by atoms with Gasteiger partial charge in [0, 0.05) is 6.42 Å². The Labute approximate surface area is 175 Å². The van der Waals surface area contributed by atoms with Crippen molar-refractivity contribution in [3.63, 3.8) is 0 Å². The van der Waals surface area contributed by atoms with E-state index >= 15 is 0 Å². The van der Waals surface area contributed by atoms with Crippen LogP contribution < -0.4 is 0 Å². The topological polar surface area (TPSA) is 99.7 Å². The lowest BCUT2D eigenvalue weighted by atomic mass is 9.73. The monoisotopic (exact) mass is 412 g/mol. The molecule has 2 rings (SSSR count). The second kappa shape index (κ2) is 11.9. The first-order valence-electron chi connectivity index (χ1n) is 11.7. The van der Waals surface area contributed by atoms with Crippen molar-refractivity contribution in [3.05, 3.63) is 0 Å². The summed E-state index contributed by atoms with van der Waals surface area (Å²) in [6.45, 7) is 4.34. The van der Waals surface area contributed by atoms with Gasteiger partial charge in [-0.2, -0.15) is 0 Å². The van der Waals surface area contributed by atoms with Gasteiger partial charge in [-0.3, -0.25) is 9.59 Å². The number of hydrogen-bond donors (Lipinski definition) is 2. The summed E-state index contributed by atoms with van der Waals surface area (Å²) in [6.07, 6.45) is 12.2. The third kappa shape index (κ3) is 8.25. The molecule has 2 fully saturated rings. The zero-order valence-corrected chi connectivity index (χ0v) is 18.2. The molecule has 168 valence electrons. The van der Waals surface area contributed by atoms with Gasteiger partial charge in [-0.15, -0.1) is 0 Å². The van der Waals surface area contributed by atoms with Crippen molar-refractivity contribution < 1.29 is 29.3 Å². The molecule has 2 aliphatic heterocycles. The predicted octanol–water partition coefficient (Wildman–Crippen LogP) is 5.18. The van der Waals surface area contributed by atoms with Crippen molar-refractivity contribution >= 4 is 11.9 Å². The van der Waals surface area contributed by atoms with Gasteiger partial charge >= 0.3 is 11.9 Å². The fourth-order valence-corrected chi connectivity index (χ4v) is 4.50. The van der Waals surface area contributed by atoms with Gasteiger partial charge in [0.2, 0.25) is 0 Å². The molecule has 0 spiro atoms. The van der Waals surface area contributed by atoms with Crippen LogP contribution in [0, 0.1) is 5.41 Å². The number of carboxylic acid groups (broad SMARTS) is 2. The van der Waals surface area contributed by atoms with E-state index in [9.17, 15) is 14.7 Å². The molecule has 2 saturated heterocycles. The Morgan fingerprint density at radius 3 is 1.69 bits per heavy atom. The van der Waals surface area contributed by atoms with Crippen LogP contribution in [0.1, 0.15) is 104 Å². The maximum absolute atomic E-state index is 12.4. The molecule has 0 aliphatic carbocycles. The number of carbonyl (C=O) groups is 2. The van der Waals surface area contributed by atoms with Crippen molar-refractivity contribution in [1.82, 2.24) is 0 Å². The lowest BCUT2D eigenvalue weighted by Crippen LogP contribution is -2.35. The SMILES string of the molecule is CCCCCC1OC1CC(CCCCC(=O)O)(CC1OC1CCCCC)C(=O)O. The summed E-state index contributed by atoms with van der Waals surface area (Å²) in [5, 5.41) is 19.0. The van der Waals surface area contributed by atoms with E-state index in [1.54, 1.807) is 0 Å². The number of rotatable bonds is 18. The summed E-state index contributed by atoms with van der Waals surface area (Å²) in [4.78, 5) is 23.2. The minimum atomic E-state index is -0.868. The largest absolute Gasteiger partial charge is 0.481 e. The first-order valence-corrected chi connectivity index (χ1v) is 11.7. The highest BCUT2D eigenvalue weighted by atomic mass is 16.6. The maximum atomic E-state index is 12.4. The van der Waals surface area contributed by atoms with E-state index in [0.29, 0.717) is 32.1 Å². The molecule has 0 aromatic rings. The summed E-state index contributed by atoms with van der Waals surface area (Å²) < 4.78 is 11.6.